The molecule has 0 aliphatic carbocycles. The molecule has 2 nitrogen and oxygen atoms in total. The molecule has 0 amide bonds. The van der Waals surface area contributed by atoms with E-state index in [1.807, 2.05) is 13.8 Å². The highest BCUT2D eigenvalue weighted by atomic mass is 16.5. The average Bonchev–Trinajstić information content (AvgIpc) is 2.15. The van der Waals surface area contributed by atoms with Gasteiger partial charge in [-0.15, -0.1) is 0 Å². The Balaban J connectivity index is 3.10. The summed E-state index contributed by atoms with van der Waals surface area (Å²) < 4.78 is 5.79. The van der Waals surface area contributed by atoms with Crippen LogP contribution < -0.4 is 4.74 Å². The van der Waals surface area contributed by atoms with E-state index < -0.39 is 0 Å². The van der Waals surface area contributed by atoms with Crippen molar-refractivity contribution in [1.29, 1.82) is 0 Å². The fraction of sp³-hybridized carbons (Fsp3) is 0.643. The van der Waals surface area contributed by atoms with E-state index in [2.05, 4.69) is 44.8 Å². The van der Waals surface area contributed by atoms with Crippen molar-refractivity contribution in [2.45, 2.75) is 59.5 Å². The number of hydrogen-bond donors (Lipinski definition) is 0. The van der Waals surface area contributed by atoms with Crippen molar-refractivity contribution in [2.75, 3.05) is 0 Å². The van der Waals surface area contributed by atoms with E-state index in [0.29, 0.717) is 11.8 Å². The highest BCUT2D eigenvalue weighted by Crippen LogP contribution is 2.27. The van der Waals surface area contributed by atoms with Gasteiger partial charge < -0.3 is 4.74 Å². The molecule has 0 aliphatic rings. The number of nitrogens with zero attached hydrogens (tertiary/aromatic N) is 1. The highest BCUT2D eigenvalue weighted by Gasteiger charge is 2.13. The lowest BCUT2D eigenvalue weighted by atomic mass is 10.0. The van der Waals surface area contributed by atoms with Crippen LogP contribution in [0.5, 0.6) is 5.88 Å². The Labute approximate surface area is 99.0 Å². The Morgan fingerprint density at radius 1 is 0.938 bits per heavy atom. The number of hydrogen-bond acceptors (Lipinski definition) is 2. The van der Waals surface area contributed by atoms with Gasteiger partial charge in [-0.3, -0.25) is 0 Å². The molecule has 0 fully saturated rings. The van der Waals surface area contributed by atoms with Gasteiger partial charge in [-0.25, -0.2) is 4.98 Å². The summed E-state index contributed by atoms with van der Waals surface area (Å²) >= 11 is 0. The minimum absolute atomic E-state index is 0.174. The first-order valence-corrected chi connectivity index (χ1v) is 6.09. The Bertz CT molecular complexity index is 343. The zero-order valence-electron chi connectivity index (χ0n) is 11.2. The van der Waals surface area contributed by atoms with Crippen molar-refractivity contribution in [3.63, 3.8) is 0 Å². The van der Waals surface area contributed by atoms with E-state index in [9.17, 15) is 0 Å². The second-order valence-electron chi connectivity index (χ2n) is 5.11. The second kappa shape index (κ2) is 5.33. The molecule has 0 radical (unpaired) electrons. The molecule has 2 heteroatoms. The lowest BCUT2D eigenvalue weighted by molar-refractivity contribution is 0.228. The third kappa shape index (κ3) is 3.22. The fourth-order valence-electron chi connectivity index (χ4n) is 1.54. The zero-order valence-corrected chi connectivity index (χ0v) is 11.2. The first-order chi connectivity index (χ1) is 7.41. The van der Waals surface area contributed by atoms with Crippen molar-refractivity contribution in [2.24, 2.45) is 0 Å². The molecule has 0 bridgehead atoms. The molecule has 0 spiro atoms. The molecule has 1 aromatic heterocycles. The quantitative estimate of drug-likeness (QED) is 0.763. The molecule has 1 heterocycles. The van der Waals surface area contributed by atoms with Crippen molar-refractivity contribution in [3.05, 3.63) is 23.4 Å². The van der Waals surface area contributed by atoms with Crippen LogP contribution in [0.25, 0.3) is 0 Å². The predicted molar refractivity (Wildman–Crippen MR) is 68.2 cm³/mol. The summed E-state index contributed by atoms with van der Waals surface area (Å²) in [5.74, 6) is 1.69. The summed E-state index contributed by atoms with van der Waals surface area (Å²) in [7, 11) is 0. The van der Waals surface area contributed by atoms with Crippen molar-refractivity contribution >= 4 is 0 Å². The van der Waals surface area contributed by atoms with Gasteiger partial charge in [0, 0.05) is 11.3 Å². The number of pyridine rings is 1. The van der Waals surface area contributed by atoms with Gasteiger partial charge >= 0.3 is 0 Å². The minimum atomic E-state index is 0.174. The standard InChI is InChI=1S/C14H23NO/c1-9(2)12-7-8-13(10(3)4)15-14(12)16-11(5)6/h7-11H,1-6H3. The van der Waals surface area contributed by atoms with Crippen LogP contribution in [0.2, 0.25) is 0 Å². The molecule has 0 saturated carbocycles. The van der Waals surface area contributed by atoms with Gasteiger partial charge in [-0.2, -0.15) is 0 Å². The normalized spacial score (nSPS) is 11.6. The molecule has 90 valence electrons. The van der Waals surface area contributed by atoms with Crippen molar-refractivity contribution in [3.8, 4) is 5.88 Å². The predicted octanol–water partition coefficient (Wildman–Crippen LogP) is 4.12. The highest BCUT2D eigenvalue weighted by molar-refractivity contribution is 5.32. The van der Waals surface area contributed by atoms with Gasteiger partial charge in [0.15, 0.2) is 0 Å². The maximum absolute atomic E-state index is 5.79. The Hall–Kier alpha value is -1.05. The van der Waals surface area contributed by atoms with E-state index in [-0.39, 0.29) is 6.10 Å². The van der Waals surface area contributed by atoms with Crippen LogP contribution in [0.4, 0.5) is 0 Å². The van der Waals surface area contributed by atoms with Gasteiger partial charge in [0.25, 0.3) is 0 Å². The summed E-state index contributed by atoms with van der Waals surface area (Å²) in [6.07, 6.45) is 0.174. The largest absolute Gasteiger partial charge is 0.475 e. The Morgan fingerprint density at radius 3 is 2.00 bits per heavy atom. The minimum Gasteiger partial charge on any atom is -0.475 e. The first kappa shape index (κ1) is 13.0. The van der Waals surface area contributed by atoms with Gasteiger partial charge in [-0.1, -0.05) is 33.8 Å². The second-order valence-corrected chi connectivity index (χ2v) is 5.11. The van der Waals surface area contributed by atoms with E-state index in [0.717, 1.165) is 11.6 Å². The molecule has 0 unspecified atom stereocenters. The summed E-state index contributed by atoms with van der Waals surface area (Å²) in [5.41, 5.74) is 2.29. The summed E-state index contributed by atoms with van der Waals surface area (Å²) in [4.78, 5) is 4.61. The smallest absolute Gasteiger partial charge is 0.217 e. The van der Waals surface area contributed by atoms with E-state index >= 15 is 0 Å². The third-order valence-electron chi connectivity index (χ3n) is 2.47. The molecule has 1 rings (SSSR count). The van der Waals surface area contributed by atoms with Crippen LogP contribution >= 0.6 is 0 Å². The van der Waals surface area contributed by atoms with Crippen LogP contribution in [-0.2, 0) is 0 Å². The molecule has 0 N–H and O–H groups in total. The van der Waals surface area contributed by atoms with Gasteiger partial charge in [0.2, 0.25) is 5.88 Å². The van der Waals surface area contributed by atoms with E-state index in [1.165, 1.54) is 5.56 Å². The molecular formula is C14H23NO. The number of ether oxygens (including phenoxy) is 1. The average molecular weight is 221 g/mol. The summed E-state index contributed by atoms with van der Waals surface area (Å²) in [6, 6.07) is 4.25. The SMILES string of the molecule is CC(C)Oc1nc(C(C)C)ccc1C(C)C. The Kier molecular flexibility index (Phi) is 4.34. The van der Waals surface area contributed by atoms with E-state index in [4.69, 9.17) is 4.74 Å². The van der Waals surface area contributed by atoms with Gasteiger partial charge in [-0.05, 0) is 31.7 Å². The molecular weight excluding hydrogens is 198 g/mol. The van der Waals surface area contributed by atoms with Crippen molar-refractivity contribution in [1.82, 2.24) is 4.98 Å². The maximum atomic E-state index is 5.79. The topological polar surface area (TPSA) is 22.1 Å². The van der Waals surface area contributed by atoms with Crippen LogP contribution in [-0.4, -0.2) is 11.1 Å². The first-order valence-electron chi connectivity index (χ1n) is 6.09. The molecule has 0 aliphatic heterocycles. The lowest BCUT2D eigenvalue weighted by Crippen LogP contribution is -2.11. The Morgan fingerprint density at radius 2 is 1.56 bits per heavy atom. The maximum Gasteiger partial charge on any atom is 0.217 e. The number of rotatable bonds is 4. The van der Waals surface area contributed by atoms with Crippen molar-refractivity contribution < 1.29 is 4.74 Å². The third-order valence-corrected chi connectivity index (χ3v) is 2.47. The zero-order chi connectivity index (χ0) is 12.3. The lowest BCUT2D eigenvalue weighted by Gasteiger charge is -2.17. The monoisotopic (exact) mass is 221 g/mol. The van der Waals surface area contributed by atoms with Crippen LogP contribution in [0.3, 0.4) is 0 Å². The van der Waals surface area contributed by atoms with Crippen LogP contribution in [0, 0.1) is 0 Å². The summed E-state index contributed by atoms with van der Waals surface area (Å²) in [5, 5.41) is 0. The molecule has 0 atom stereocenters. The molecule has 1 aromatic rings. The van der Waals surface area contributed by atoms with E-state index in [1.54, 1.807) is 0 Å². The summed E-state index contributed by atoms with van der Waals surface area (Å²) in [6.45, 7) is 12.7. The van der Waals surface area contributed by atoms with Crippen LogP contribution in [0.1, 0.15) is 64.6 Å². The van der Waals surface area contributed by atoms with Gasteiger partial charge in [0.1, 0.15) is 0 Å². The molecule has 16 heavy (non-hydrogen) atoms. The number of aromatic nitrogens is 1. The fourth-order valence-corrected chi connectivity index (χ4v) is 1.54. The molecule has 0 saturated heterocycles. The van der Waals surface area contributed by atoms with Crippen LogP contribution in [0.15, 0.2) is 12.1 Å². The van der Waals surface area contributed by atoms with Gasteiger partial charge in [0.05, 0.1) is 6.10 Å². The molecule has 0 aromatic carbocycles.